The number of rotatable bonds is 7. The molecule has 3 aromatic carbocycles. The Bertz CT molecular complexity index is 1250. The number of amides is 2. The summed E-state index contributed by atoms with van der Waals surface area (Å²) >= 11 is 0. The van der Waals surface area contributed by atoms with Gasteiger partial charge in [0.2, 0.25) is 0 Å². The highest BCUT2D eigenvalue weighted by Crippen LogP contribution is 2.37. The van der Waals surface area contributed by atoms with Crippen LogP contribution in [0.3, 0.4) is 0 Å². The van der Waals surface area contributed by atoms with Gasteiger partial charge < -0.3 is 19.5 Å². The van der Waals surface area contributed by atoms with E-state index >= 15 is 0 Å². The van der Waals surface area contributed by atoms with E-state index < -0.39 is 11.8 Å². The van der Waals surface area contributed by atoms with Crippen molar-refractivity contribution in [2.45, 2.75) is 6.92 Å². The average molecular weight is 444 g/mol. The van der Waals surface area contributed by atoms with Crippen molar-refractivity contribution in [3.63, 3.8) is 0 Å². The first-order chi connectivity index (χ1) is 16.0. The highest BCUT2D eigenvalue weighted by Gasteiger charge is 2.40. The van der Waals surface area contributed by atoms with Crippen molar-refractivity contribution in [1.82, 2.24) is 0 Å². The first-order valence-corrected chi connectivity index (χ1v) is 10.3. The van der Waals surface area contributed by atoms with E-state index in [0.717, 1.165) is 5.56 Å². The number of aryl methyl sites for hydroxylation is 1. The van der Waals surface area contributed by atoms with Crippen molar-refractivity contribution in [2.75, 3.05) is 31.5 Å². The third-order valence-corrected chi connectivity index (χ3v) is 5.39. The molecular formula is C26H24N2O5. The lowest BCUT2D eigenvalue weighted by Gasteiger charge is -2.16. The van der Waals surface area contributed by atoms with Crippen molar-refractivity contribution in [3.8, 4) is 17.2 Å². The van der Waals surface area contributed by atoms with Crippen molar-refractivity contribution in [1.29, 1.82) is 0 Å². The van der Waals surface area contributed by atoms with Crippen LogP contribution in [0.2, 0.25) is 0 Å². The van der Waals surface area contributed by atoms with Crippen LogP contribution in [0.1, 0.15) is 11.1 Å². The van der Waals surface area contributed by atoms with Crippen molar-refractivity contribution in [2.24, 2.45) is 0 Å². The molecule has 1 aliphatic heterocycles. The molecule has 4 rings (SSSR count). The van der Waals surface area contributed by atoms with Gasteiger partial charge in [-0.1, -0.05) is 24.3 Å². The van der Waals surface area contributed by atoms with E-state index in [-0.39, 0.29) is 11.3 Å². The number of carbonyl (C=O) groups excluding carboxylic acids is 2. The first-order valence-electron chi connectivity index (χ1n) is 10.3. The summed E-state index contributed by atoms with van der Waals surface area (Å²) in [6, 6.07) is 19.5. The van der Waals surface area contributed by atoms with Crippen LogP contribution in [0.4, 0.5) is 11.4 Å². The minimum Gasteiger partial charge on any atom is -0.497 e. The van der Waals surface area contributed by atoms with Gasteiger partial charge >= 0.3 is 0 Å². The second-order valence-corrected chi connectivity index (χ2v) is 7.45. The van der Waals surface area contributed by atoms with Crippen molar-refractivity contribution in [3.05, 3.63) is 83.6 Å². The molecule has 3 aromatic rings. The fraction of sp³-hybridized carbons (Fsp3) is 0.154. The van der Waals surface area contributed by atoms with Crippen LogP contribution in [-0.4, -0.2) is 33.1 Å². The van der Waals surface area contributed by atoms with Gasteiger partial charge in [-0.25, -0.2) is 4.90 Å². The molecule has 0 aromatic heterocycles. The normalized spacial score (nSPS) is 13.4. The fourth-order valence-corrected chi connectivity index (χ4v) is 3.71. The molecule has 7 nitrogen and oxygen atoms in total. The lowest BCUT2D eigenvalue weighted by molar-refractivity contribution is -0.120. The zero-order valence-corrected chi connectivity index (χ0v) is 18.8. The summed E-state index contributed by atoms with van der Waals surface area (Å²) in [6.07, 6.45) is 0. The van der Waals surface area contributed by atoms with Crippen LogP contribution in [0.25, 0.3) is 5.57 Å². The summed E-state index contributed by atoms with van der Waals surface area (Å²) in [6.45, 7) is 1.91. The Morgan fingerprint density at radius 1 is 0.758 bits per heavy atom. The van der Waals surface area contributed by atoms with Crippen LogP contribution < -0.4 is 24.4 Å². The Kier molecular flexibility index (Phi) is 6.04. The summed E-state index contributed by atoms with van der Waals surface area (Å²) in [5, 5.41) is 3.14. The number of hydrogen-bond acceptors (Lipinski definition) is 6. The molecule has 0 saturated carbocycles. The molecule has 33 heavy (non-hydrogen) atoms. The number of nitrogens with zero attached hydrogens (tertiary/aromatic N) is 1. The third-order valence-electron chi connectivity index (χ3n) is 5.39. The van der Waals surface area contributed by atoms with E-state index in [1.165, 1.54) is 12.0 Å². The fourth-order valence-electron chi connectivity index (χ4n) is 3.71. The monoisotopic (exact) mass is 444 g/mol. The average Bonchev–Trinajstić information content (AvgIpc) is 3.08. The third kappa shape index (κ3) is 4.13. The van der Waals surface area contributed by atoms with Gasteiger partial charge in [-0.2, -0.15) is 0 Å². The summed E-state index contributed by atoms with van der Waals surface area (Å²) in [4.78, 5) is 28.3. The number of ether oxygens (including phenoxy) is 3. The first kappa shape index (κ1) is 22.0. The van der Waals surface area contributed by atoms with E-state index in [0.29, 0.717) is 34.2 Å². The Hall–Kier alpha value is -4.26. The van der Waals surface area contributed by atoms with Crippen LogP contribution in [-0.2, 0) is 9.59 Å². The van der Waals surface area contributed by atoms with Crippen molar-refractivity contribution >= 4 is 28.8 Å². The predicted octanol–water partition coefficient (Wildman–Crippen LogP) is 4.42. The number of anilines is 2. The smallest absolute Gasteiger partial charge is 0.282 e. The Labute approximate surface area is 192 Å². The number of imide groups is 1. The molecule has 0 atom stereocenters. The highest BCUT2D eigenvalue weighted by atomic mass is 16.5. The molecule has 1 heterocycles. The lowest BCUT2D eigenvalue weighted by Crippen LogP contribution is -2.32. The van der Waals surface area contributed by atoms with E-state index in [4.69, 9.17) is 14.2 Å². The number of benzene rings is 3. The number of nitrogens with one attached hydrogen (secondary N) is 1. The molecule has 1 aliphatic rings. The summed E-state index contributed by atoms with van der Waals surface area (Å²) in [5.41, 5.74) is 3.01. The van der Waals surface area contributed by atoms with Crippen LogP contribution in [0.15, 0.2) is 72.4 Å². The van der Waals surface area contributed by atoms with E-state index in [9.17, 15) is 9.59 Å². The quantitative estimate of drug-likeness (QED) is 0.544. The van der Waals surface area contributed by atoms with Crippen LogP contribution in [0, 0.1) is 6.92 Å². The number of methoxy groups -OCH3 is 3. The molecule has 168 valence electrons. The topological polar surface area (TPSA) is 77.1 Å². The standard InChI is InChI=1S/C26H24N2O5/c1-16-6-5-7-18(14-16)28-25(29)23(17-8-10-19(31-2)11-9-17)24(26(28)30)27-21-13-12-20(32-3)15-22(21)33-4/h5-15,27H,1-4H3. The van der Waals surface area contributed by atoms with E-state index in [2.05, 4.69) is 5.32 Å². The largest absolute Gasteiger partial charge is 0.497 e. The Balaban J connectivity index is 1.83. The molecule has 0 fully saturated rings. The van der Waals surface area contributed by atoms with Gasteiger partial charge in [-0.15, -0.1) is 0 Å². The minimum absolute atomic E-state index is 0.162. The van der Waals surface area contributed by atoms with Crippen molar-refractivity contribution < 1.29 is 23.8 Å². The molecule has 2 amide bonds. The molecule has 0 saturated heterocycles. The van der Waals surface area contributed by atoms with Gasteiger partial charge in [0.1, 0.15) is 22.9 Å². The van der Waals surface area contributed by atoms with Gasteiger partial charge in [0, 0.05) is 6.07 Å². The van der Waals surface area contributed by atoms with Gasteiger partial charge in [-0.3, -0.25) is 9.59 Å². The van der Waals surface area contributed by atoms with Crippen LogP contribution in [0.5, 0.6) is 17.2 Å². The second kappa shape index (κ2) is 9.08. The van der Waals surface area contributed by atoms with E-state index in [1.54, 1.807) is 68.8 Å². The molecule has 0 spiro atoms. The molecule has 0 unspecified atom stereocenters. The molecule has 1 N–H and O–H groups in total. The Morgan fingerprint density at radius 2 is 1.45 bits per heavy atom. The maximum Gasteiger partial charge on any atom is 0.282 e. The number of carbonyl (C=O) groups is 2. The van der Waals surface area contributed by atoms with Gasteiger partial charge in [-0.05, 0) is 54.4 Å². The van der Waals surface area contributed by atoms with E-state index in [1.807, 2.05) is 19.1 Å². The molecule has 0 aliphatic carbocycles. The van der Waals surface area contributed by atoms with Gasteiger partial charge in [0.15, 0.2) is 0 Å². The SMILES string of the molecule is COc1ccc(C2=C(Nc3ccc(OC)cc3OC)C(=O)N(c3cccc(C)c3)C2=O)cc1. The summed E-state index contributed by atoms with van der Waals surface area (Å²) < 4.78 is 16.0. The Morgan fingerprint density at radius 3 is 2.09 bits per heavy atom. The molecule has 0 radical (unpaired) electrons. The van der Waals surface area contributed by atoms with Gasteiger partial charge in [0.25, 0.3) is 11.8 Å². The van der Waals surface area contributed by atoms with Gasteiger partial charge in [0.05, 0.1) is 38.3 Å². The predicted molar refractivity (Wildman–Crippen MR) is 127 cm³/mol. The molecular weight excluding hydrogens is 420 g/mol. The minimum atomic E-state index is -0.450. The maximum atomic E-state index is 13.6. The highest BCUT2D eigenvalue weighted by molar-refractivity contribution is 6.46. The zero-order valence-electron chi connectivity index (χ0n) is 18.8. The zero-order chi connectivity index (χ0) is 23.5. The maximum absolute atomic E-state index is 13.6. The second-order valence-electron chi connectivity index (χ2n) is 7.45. The van der Waals surface area contributed by atoms with Crippen LogP contribution >= 0.6 is 0 Å². The number of hydrogen-bond donors (Lipinski definition) is 1. The molecule has 0 bridgehead atoms. The summed E-state index contributed by atoms with van der Waals surface area (Å²) in [5.74, 6) is 0.875. The molecule has 7 heteroatoms. The summed E-state index contributed by atoms with van der Waals surface area (Å²) in [7, 11) is 4.66. The lowest BCUT2D eigenvalue weighted by atomic mass is 10.0.